The van der Waals surface area contributed by atoms with E-state index in [9.17, 15) is 0 Å². The maximum atomic E-state index is 5.87. The van der Waals surface area contributed by atoms with Crippen LogP contribution in [0.5, 0.6) is 11.5 Å². The minimum atomic E-state index is 0.537. The predicted octanol–water partition coefficient (Wildman–Crippen LogP) is 2.88. The van der Waals surface area contributed by atoms with Gasteiger partial charge in [-0.1, -0.05) is 24.3 Å². The summed E-state index contributed by atoms with van der Waals surface area (Å²) in [5.74, 6) is 2.07. The molecule has 0 N–H and O–H groups in total. The van der Waals surface area contributed by atoms with Gasteiger partial charge in [-0.05, 0) is 42.3 Å². The van der Waals surface area contributed by atoms with Crippen LogP contribution in [-0.4, -0.2) is 33.4 Å². The number of benzene rings is 2. The molecule has 1 aliphatic rings. The number of fused-ring (bicyclic) bond motifs is 6. The van der Waals surface area contributed by atoms with Crippen molar-refractivity contribution in [3.8, 4) is 28.6 Å². The first kappa shape index (κ1) is 13.8. The lowest BCUT2D eigenvalue weighted by Gasteiger charge is -2.10. The molecule has 6 heteroatoms. The third-order valence-electron chi connectivity index (χ3n) is 3.68. The SMILES string of the molecule is c1ccc2c(c1)OCCCCOc1ccccc1-n1nnc-2n1. The van der Waals surface area contributed by atoms with Crippen LogP contribution >= 0.6 is 0 Å². The molecule has 3 aromatic rings. The molecule has 4 rings (SSSR count). The fourth-order valence-electron chi connectivity index (χ4n) is 2.51. The lowest BCUT2D eigenvalue weighted by Crippen LogP contribution is -2.06. The Morgan fingerprint density at radius 3 is 2.39 bits per heavy atom. The van der Waals surface area contributed by atoms with Crippen molar-refractivity contribution in [1.29, 1.82) is 0 Å². The smallest absolute Gasteiger partial charge is 0.209 e. The number of hydrogen-bond donors (Lipinski definition) is 0. The third kappa shape index (κ3) is 2.75. The molecule has 0 atom stereocenters. The Morgan fingerprint density at radius 2 is 1.52 bits per heavy atom. The molecular formula is C17H16N4O2. The fraction of sp³-hybridized carbons (Fsp3) is 0.235. The fourth-order valence-corrected chi connectivity index (χ4v) is 2.51. The van der Waals surface area contributed by atoms with E-state index >= 15 is 0 Å². The summed E-state index contributed by atoms with van der Waals surface area (Å²) in [7, 11) is 0. The van der Waals surface area contributed by atoms with Gasteiger partial charge in [-0.15, -0.1) is 15.0 Å². The molecule has 23 heavy (non-hydrogen) atoms. The van der Waals surface area contributed by atoms with E-state index in [1.54, 1.807) is 0 Å². The van der Waals surface area contributed by atoms with Gasteiger partial charge in [0, 0.05) is 0 Å². The summed E-state index contributed by atoms with van der Waals surface area (Å²) in [5.41, 5.74) is 1.63. The summed E-state index contributed by atoms with van der Waals surface area (Å²) in [6.07, 6.45) is 1.85. The standard InChI is InChI=1S/C17H16N4O2/c1-3-9-15-13(7-1)17-18-20-21(19-17)14-8-2-4-10-16(14)23-12-6-5-11-22-15/h1-4,7-10H,5-6,11-12H2. The molecule has 2 aromatic carbocycles. The third-order valence-corrected chi connectivity index (χ3v) is 3.68. The molecule has 1 aliphatic heterocycles. The zero-order valence-corrected chi connectivity index (χ0v) is 12.6. The van der Waals surface area contributed by atoms with Gasteiger partial charge in [-0.3, -0.25) is 0 Å². The number of hydrogen-bond acceptors (Lipinski definition) is 5. The Morgan fingerprint density at radius 1 is 0.826 bits per heavy atom. The molecule has 0 fully saturated rings. The highest BCUT2D eigenvalue weighted by Gasteiger charge is 2.15. The molecule has 1 aromatic heterocycles. The second-order valence-corrected chi connectivity index (χ2v) is 5.27. The van der Waals surface area contributed by atoms with Gasteiger partial charge in [-0.2, -0.15) is 0 Å². The average molecular weight is 308 g/mol. The van der Waals surface area contributed by atoms with Crippen LogP contribution in [0.15, 0.2) is 48.5 Å². The number of aromatic nitrogens is 4. The molecule has 116 valence electrons. The van der Waals surface area contributed by atoms with E-state index in [0.717, 1.165) is 35.6 Å². The predicted molar refractivity (Wildman–Crippen MR) is 84.8 cm³/mol. The number of rotatable bonds is 0. The van der Waals surface area contributed by atoms with Crippen molar-refractivity contribution in [2.75, 3.05) is 13.2 Å². The van der Waals surface area contributed by atoms with Crippen molar-refractivity contribution in [1.82, 2.24) is 20.2 Å². The van der Waals surface area contributed by atoms with Crippen LogP contribution in [0.4, 0.5) is 0 Å². The lowest BCUT2D eigenvalue weighted by molar-refractivity contribution is 0.266. The molecule has 2 bridgehead atoms. The van der Waals surface area contributed by atoms with Crippen LogP contribution in [0.1, 0.15) is 12.8 Å². The number of ether oxygens (including phenoxy) is 2. The zero-order valence-electron chi connectivity index (χ0n) is 12.6. The van der Waals surface area contributed by atoms with Gasteiger partial charge in [0.25, 0.3) is 0 Å². The van der Waals surface area contributed by atoms with Gasteiger partial charge in [0.1, 0.15) is 17.2 Å². The molecule has 0 unspecified atom stereocenters. The minimum Gasteiger partial charge on any atom is -0.493 e. The van der Waals surface area contributed by atoms with Crippen molar-refractivity contribution in [2.45, 2.75) is 12.8 Å². The summed E-state index contributed by atoms with van der Waals surface area (Å²) in [6.45, 7) is 1.26. The van der Waals surface area contributed by atoms with Gasteiger partial charge in [0.05, 0.1) is 18.8 Å². The summed E-state index contributed by atoms with van der Waals surface area (Å²) < 4.78 is 11.7. The van der Waals surface area contributed by atoms with E-state index < -0.39 is 0 Å². The van der Waals surface area contributed by atoms with Gasteiger partial charge in [0.15, 0.2) is 0 Å². The summed E-state index contributed by atoms with van der Waals surface area (Å²) >= 11 is 0. The summed E-state index contributed by atoms with van der Waals surface area (Å²) in [6, 6.07) is 15.5. The molecule has 0 amide bonds. The number of tetrazole rings is 1. The van der Waals surface area contributed by atoms with Crippen LogP contribution in [-0.2, 0) is 0 Å². The van der Waals surface area contributed by atoms with Crippen molar-refractivity contribution in [3.05, 3.63) is 48.5 Å². The summed E-state index contributed by atoms with van der Waals surface area (Å²) in [4.78, 5) is 1.50. The Balaban J connectivity index is 1.82. The van der Waals surface area contributed by atoms with Gasteiger partial charge in [0.2, 0.25) is 5.82 Å². The van der Waals surface area contributed by atoms with Gasteiger partial charge >= 0.3 is 0 Å². The van der Waals surface area contributed by atoms with E-state index in [1.165, 1.54) is 4.80 Å². The Labute approximate surface area is 133 Å². The molecule has 0 spiro atoms. The Kier molecular flexibility index (Phi) is 3.63. The van der Waals surface area contributed by atoms with Crippen LogP contribution in [0.3, 0.4) is 0 Å². The second kappa shape index (κ2) is 6.08. The van der Waals surface area contributed by atoms with Gasteiger partial charge in [-0.25, -0.2) is 0 Å². The van der Waals surface area contributed by atoms with Crippen LogP contribution in [0.2, 0.25) is 0 Å². The molecule has 0 saturated heterocycles. The first-order valence-corrected chi connectivity index (χ1v) is 7.66. The Bertz CT molecular complexity index is 750. The van der Waals surface area contributed by atoms with Gasteiger partial charge < -0.3 is 9.47 Å². The van der Waals surface area contributed by atoms with Crippen molar-refractivity contribution < 1.29 is 9.47 Å². The Hall–Kier alpha value is -2.89. The largest absolute Gasteiger partial charge is 0.493 e. The average Bonchev–Trinajstić information content (AvgIpc) is 3.08. The highest BCUT2D eigenvalue weighted by Crippen LogP contribution is 2.28. The zero-order chi connectivity index (χ0) is 15.5. The van der Waals surface area contributed by atoms with Crippen molar-refractivity contribution >= 4 is 0 Å². The topological polar surface area (TPSA) is 62.1 Å². The molecule has 0 radical (unpaired) electrons. The molecular weight excluding hydrogens is 292 g/mol. The minimum absolute atomic E-state index is 0.537. The van der Waals surface area contributed by atoms with E-state index in [0.29, 0.717) is 19.0 Å². The highest BCUT2D eigenvalue weighted by atomic mass is 16.5. The maximum absolute atomic E-state index is 5.87. The number of para-hydroxylation sites is 3. The monoisotopic (exact) mass is 308 g/mol. The first-order valence-electron chi connectivity index (χ1n) is 7.66. The molecule has 0 aliphatic carbocycles. The first-order chi connectivity index (χ1) is 11.4. The second-order valence-electron chi connectivity index (χ2n) is 5.27. The van der Waals surface area contributed by atoms with Crippen LogP contribution in [0.25, 0.3) is 17.1 Å². The van der Waals surface area contributed by atoms with E-state index in [1.807, 2.05) is 48.5 Å². The highest BCUT2D eigenvalue weighted by molar-refractivity contribution is 5.63. The molecule has 2 heterocycles. The quantitative estimate of drug-likeness (QED) is 0.639. The van der Waals surface area contributed by atoms with Crippen LogP contribution in [0, 0.1) is 0 Å². The van der Waals surface area contributed by atoms with Crippen molar-refractivity contribution in [2.24, 2.45) is 0 Å². The normalized spacial score (nSPS) is 14.1. The molecule has 0 saturated carbocycles. The van der Waals surface area contributed by atoms with E-state index in [2.05, 4.69) is 15.4 Å². The molecule has 6 nitrogen and oxygen atoms in total. The maximum Gasteiger partial charge on any atom is 0.209 e. The summed E-state index contributed by atoms with van der Waals surface area (Å²) in [5, 5.41) is 12.8. The lowest BCUT2D eigenvalue weighted by atomic mass is 10.2. The van der Waals surface area contributed by atoms with Crippen LogP contribution < -0.4 is 9.47 Å². The van der Waals surface area contributed by atoms with E-state index in [4.69, 9.17) is 9.47 Å². The van der Waals surface area contributed by atoms with Crippen molar-refractivity contribution in [3.63, 3.8) is 0 Å². The number of nitrogens with zero attached hydrogens (tertiary/aromatic N) is 4. The van der Waals surface area contributed by atoms with E-state index in [-0.39, 0.29) is 0 Å².